The van der Waals surface area contributed by atoms with Gasteiger partial charge in [-0.25, -0.2) is 0 Å². The van der Waals surface area contributed by atoms with Crippen LogP contribution in [0.5, 0.6) is 0 Å². The second kappa shape index (κ2) is 15.2. The molecule has 0 radical (unpaired) electrons. The van der Waals surface area contributed by atoms with Crippen LogP contribution in [0.3, 0.4) is 0 Å². The molecule has 1 N–H and O–H groups in total. The Hall–Kier alpha value is -0.0400. The van der Waals surface area contributed by atoms with Gasteiger partial charge in [-0.15, -0.1) is 0 Å². The molecule has 0 heterocycles. The minimum Gasteiger partial charge on any atom is -0.311 e. The highest BCUT2D eigenvalue weighted by molar-refractivity contribution is 4.90. The van der Waals surface area contributed by atoms with E-state index in [0.29, 0.717) is 5.54 Å². The molecule has 0 spiro atoms. The van der Waals surface area contributed by atoms with Gasteiger partial charge >= 0.3 is 0 Å². The van der Waals surface area contributed by atoms with Crippen LogP contribution in [0.15, 0.2) is 0 Å². The lowest BCUT2D eigenvalue weighted by molar-refractivity contribution is 0.213. The molecule has 0 aromatic heterocycles. The van der Waals surface area contributed by atoms with E-state index in [9.17, 15) is 0 Å². The maximum Gasteiger partial charge on any atom is 0.0181 e. The van der Waals surface area contributed by atoms with E-state index in [2.05, 4.69) is 19.2 Å². The summed E-state index contributed by atoms with van der Waals surface area (Å²) in [6, 6.07) is 0. The third kappa shape index (κ3) is 10.7. The van der Waals surface area contributed by atoms with Crippen LogP contribution in [0.25, 0.3) is 0 Å². The van der Waals surface area contributed by atoms with E-state index in [-0.39, 0.29) is 0 Å². The van der Waals surface area contributed by atoms with Crippen LogP contribution in [0.2, 0.25) is 0 Å². The van der Waals surface area contributed by atoms with Crippen LogP contribution in [0.4, 0.5) is 0 Å². The summed E-state index contributed by atoms with van der Waals surface area (Å²) in [4.78, 5) is 0. The first-order chi connectivity index (χ1) is 11.8. The summed E-state index contributed by atoms with van der Waals surface area (Å²) >= 11 is 0. The van der Waals surface area contributed by atoms with Gasteiger partial charge in [0.05, 0.1) is 0 Å². The maximum absolute atomic E-state index is 3.97. The maximum atomic E-state index is 3.97. The predicted molar refractivity (Wildman–Crippen MR) is 110 cm³/mol. The number of nitrogens with one attached hydrogen (secondary N) is 1. The zero-order valence-corrected chi connectivity index (χ0v) is 17.1. The Labute approximate surface area is 153 Å². The molecule has 1 rings (SSSR count). The monoisotopic (exact) mass is 337 g/mol. The van der Waals surface area contributed by atoms with E-state index >= 15 is 0 Å². The van der Waals surface area contributed by atoms with Gasteiger partial charge in [-0.2, -0.15) is 0 Å². The normalized spacial score (nSPS) is 17.2. The first-order valence-electron chi connectivity index (χ1n) is 11.6. The summed E-state index contributed by atoms with van der Waals surface area (Å²) in [5.41, 5.74) is 0.519. The van der Waals surface area contributed by atoms with E-state index in [1.165, 1.54) is 129 Å². The van der Waals surface area contributed by atoms with Crippen molar-refractivity contribution in [3.8, 4) is 0 Å². The van der Waals surface area contributed by atoms with Gasteiger partial charge in [0.1, 0.15) is 0 Å². The van der Waals surface area contributed by atoms with Crippen LogP contribution in [-0.4, -0.2) is 12.1 Å². The molecular formula is C23H47N. The molecule has 1 heteroatoms. The van der Waals surface area contributed by atoms with Gasteiger partial charge < -0.3 is 5.32 Å². The molecule has 24 heavy (non-hydrogen) atoms. The van der Waals surface area contributed by atoms with Crippen LogP contribution >= 0.6 is 0 Å². The van der Waals surface area contributed by atoms with Gasteiger partial charge in [0.2, 0.25) is 0 Å². The zero-order chi connectivity index (χ0) is 17.3. The van der Waals surface area contributed by atoms with Crippen molar-refractivity contribution >= 4 is 0 Å². The molecule has 0 atom stereocenters. The molecule has 1 saturated carbocycles. The quantitative estimate of drug-likeness (QED) is 0.283. The Balaban J connectivity index is 1.87. The van der Waals surface area contributed by atoms with Crippen LogP contribution in [0, 0.1) is 0 Å². The topological polar surface area (TPSA) is 12.0 Å². The lowest BCUT2D eigenvalue weighted by atomic mass is 9.78. The lowest BCUT2D eigenvalue weighted by Gasteiger charge is -2.38. The minimum absolute atomic E-state index is 0.519. The van der Waals surface area contributed by atoms with Crippen molar-refractivity contribution in [3.05, 3.63) is 0 Å². The number of hydrogen-bond donors (Lipinski definition) is 1. The summed E-state index contributed by atoms with van der Waals surface area (Å²) in [6.07, 6.45) is 27.3. The first kappa shape index (κ1) is 22.0. The molecule has 1 fully saturated rings. The van der Waals surface area contributed by atoms with Gasteiger partial charge in [-0.1, -0.05) is 110 Å². The fraction of sp³-hybridized carbons (Fsp3) is 1.00. The highest BCUT2D eigenvalue weighted by atomic mass is 15.0. The molecule has 0 amide bonds. The molecule has 0 saturated heterocycles. The highest BCUT2D eigenvalue weighted by Crippen LogP contribution is 2.32. The van der Waals surface area contributed by atoms with E-state index in [0.717, 1.165) is 0 Å². The van der Waals surface area contributed by atoms with Crippen molar-refractivity contribution in [2.75, 3.05) is 6.54 Å². The average Bonchev–Trinajstić information content (AvgIpc) is 2.60. The van der Waals surface area contributed by atoms with Gasteiger partial charge in [0.15, 0.2) is 0 Å². The smallest absolute Gasteiger partial charge is 0.0181 e. The number of rotatable bonds is 16. The Morgan fingerprint density at radius 3 is 1.58 bits per heavy atom. The van der Waals surface area contributed by atoms with E-state index in [1.54, 1.807) is 0 Å². The predicted octanol–water partition coefficient (Wildman–Crippen LogP) is 7.78. The SMILES string of the molecule is CCCCCCCCCCCCCCNC1(CCC)CCCCC1. The molecule has 0 bridgehead atoms. The van der Waals surface area contributed by atoms with Crippen molar-refractivity contribution in [2.24, 2.45) is 0 Å². The van der Waals surface area contributed by atoms with Gasteiger partial charge in [0, 0.05) is 5.54 Å². The van der Waals surface area contributed by atoms with Crippen molar-refractivity contribution in [2.45, 2.75) is 141 Å². The summed E-state index contributed by atoms with van der Waals surface area (Å²) < 4.78 is 0. The molecular weight excluding hydrogens is 290 g/mol. The minimum atomic E-state index is 0.519. The van der Waals surface area contributed by atoms with Gasteiger partial charge in [-0.3, -0.25) is 0 Å². The standard InChI is InChI=1S/C23H47N/c1-3-5-6-7-8-9-10-11-12-13-14-18-22-24-23(19-4-2)20-16-15-17-21-23/h24H,3-22H2,1-2H3. The molecule has 0 aromatic carbocycles. The Morgan fingerprint density at radius 1 is 0.583 bits per heavy atom. The molecule has 0 unspecified atom stereocenters. The second-order valence-corrected chi connectivity index (χ2v) is 8.41. The number of unbranched alkanes of at least 4 members (excludes halogenated alkanes) is 11. The van der Waals surface area contributed by atoms with Crippen LogP contribution in [-0.2, 0) is 0 Å². The van der Waals surface area contributed by atoms with Crippen molar-refractivity contribution in [1.29, 1.82) is 0 Å². The number of hydrogen-bond acceptors (Lipinski definition) is 1. The third-order valence-electron chi connectivity index (χ3n) is 6.07. The summed E-state index contributed by atoms with van der Waals surface area (Å²) in [6.45, 7) is 5.91. The van der Waals surface area contributed by atoms with Crippen LogP contribution in [0.1, 0.15) is 136 Å². The second-order valence-electron chi connectivity index (χ2n) is 8.41. The van der Waals surface area contributed by atoms with Gasteiger partial charge in [0.25, 0.3) is 0 Å². The Kier molecular flexibility index (Phi) is 14.0. The Bertz CT molecular complexity index is 249. The molecule has 1 aliphatic carbocycles. The lowest BCUT2D eigenvalue weighted by Crippen LogP contribution is -2.47. The summed E-state index contributed by atoms with van der Waals surface area (Å²) in [5.74, 6) is 0. The molecule has 0 aliphatic heterocycles. The van der Waals surface area contributed by atoms with E-state index in [4.69, 9.17) is 0 Å². The van der Waals surface area contributed by atoms with Crippen LogP contribution < -0.4 is 5.32 Å². The van der Waals surface area contributed by atoms with E-state index in [1.807, 2.05) is 0 Å². The molecule has 1 nitrogen and oxygen atoms in total. The third-order valence-corrected chi connectivity index (χ3v) is 6.07. The fourth-order valence-electron chi connectivity index (χ4n) is 4.54. The highest BCUT2D eigenvalue weighted by Gasteiger charge is 2.29. The molecule has 0 aromatic rings. The molecule has 1 aliphatic rings. The zero-order valence-electron chi connectivity index (χ0n) is 17.1. The van der Waals surface area contributed by atoms with Crippen molar-refractivity contribution in [3.63, 3.8) is 0 Å². The fourth-order valence-corrected chi connectivity index (χ4v) is 4.54. The van der Waals surface area contributed by atoms with Gasteiger partial charge in [-0.05, 0) is 32.2 Å². The molecule has 144 valence electrons. The van der Waals surface area contributed by atoms with Crippen molar-refractivity contribution in [1.82, 2.24) is 5.32 Å². The largest absolute Gasteiger partial charge is 0.311 e. The first-order valence-corrected chi connectivity index (χ1v) is 11.6. The summed E-state index contributed by atoms with van der Waals surface area (Å²) in [7, 11) is 0. The van der Waals surface area contributed by atoms with Crippen molar-refractivity contribution < 1.29 is 0 Å². The summed E-state index contributed by atoms with van der Waals surface area (Å²) in [5, 5.41) is 3.97. The van der Waals surface area contributed by atoms with E-state index < -0.39 is 0 Å². The Morgan fingerprint density at radius 2 is 1.08 bits per heavy atom. The average molecular weight is 338 g/mol.